The van der Waals surface area contributed by atoms with Crippen LogP contribution in [0.4, 0.5) is 0 Å². The third-order valence-corrected chi connectivity index (χ3v) is 11.2. The van der Waals surface area contributed by atoms with E-state index in [9.17, 15) is 19.0 Å². The van der Waals surface area contributed by atoms with Gasteiger partial charge in [0.05, 0.1) is 27.7 Å². The second-order valence-electron chi connectivity index (χ2n) is 17.5. The number of ether oxygens (including phenoxy) is 2. The first-order valence-electron chi connectivity index (χ1n) is 24.7. The van der Waals surface area contributed by atoms with E-state index in [2.05, 4.69) is 86.8 Å². The molecule has 0 saturated heterocycles. The van der Waals surface area contributed by atoms with E-state index in [1.807, 2.05) is 21.1 Å². The fourth-order valence-electron chi connectivity index (χ4n) is 6.43. The standard InChI is InChI=1S/C52H92NO8P/c1-6-8-10-12-14-16-17-18-19-20-21-22-23-24-25-26-27-28-29-30-31-32-33-34-35-37-39-41-43-45-52(55)61-50(49-60-62(56,57)59-47-46-53(3,4)5)48-58-51(54)44-42-40-38-36-15-13-11-9-7-2/h8,10,14,16,18-19,21-22,24-25,27-28,50H,6-7,9,11-13,15,17,20,23,26,29-49H2,1-5H3/p+1/b10-8-,16-14-,19-18-,22-21-,25-24-,28-27-. The van der Waals surface area contributed by atoms with E-state index in [0.717, 1.165) is 83.5 Å². The summed E-state index contributed by atoms with van der Waals surface area (Å²) in [5, 5.41) is 0. The van der Waals surface area contributed by atoms with E-state index in [0.29, 0.717) is 17.4 Å². The Morgan fingerprint density at radius 2 is 0.919 bits per heavy atom. The maximum atomic E-state index is 12.7. The van der Waals surface area contributed by atoms with E-state index < -0.39 is 26.5 Å². The molecule has 0 aliphatic carbocycles. The second-order valence-corrected chi connectivity index (χ2v) is 18.9. The summed E-state index contributed by atoms with van der Waals surface area (Å²) in [4.78, 5) is 35.3. The van der Waals surface area contributed by atoms with E-state index in [4.69, 9.17) is 18.5 Å². The van der Waals surface area contributed by atoms with Gasteiger partial charge in [-0.3, -0.25) is 18.6 Å². The molecule has 0 bridgehead atoms. The number of unbranched alkanes of at least 4 members (excludes halogenated alkanes) is 18. The Kier molecular flexibility index (Phi) is 41.9. The van der Waals surface area contributed by atoms with E-state index in [1.165, 1.54) is 77.0 Å². The molecule has 2 unspecified atom stereocenters. The predicted molar refractivity (Wildman–Crippen MR) is 261 cm³/mol. The van der Waals surface area contributed by atoms with E-state index in [-0.39, 0.29) is 32.0 Å². The van der Waals surface area contributed by atoms with E-state index in [1.54, 1.807) is 0 Å². The first kappa shape index (κ1) is 59.5. The van der Waals surface area contributed by atoms with Crippen molar-refractivity contribution in [1.82, 2.24) is 0 Å². The molecule has 0 heterocycles. The molecule has 0 aromatic carbocycles. The summed E-state index contributed by atoms with van der Waals surface area (Å²) < 4.78 is 34.3. The van der Waals surface area contributed by atoms with Crippen molar-refractivity contribution in [1.29, 1.82) is 0 Å². The van der Waals surface area contributed by atoms with Crippen LogP contribution in [-0.4, -0.2) is 74.9 Å². The lowest BCUT2D eigenvalue weighted by atomic mass is 10.0. The Bertz CT molecular complexity index is 1280. The molecule has 0 saturated carbocycles. The average molecular weight is 891 g/mol. The quantitative estimate of drug-likeness (QED) is 0.0212. The highest BCUT2D eigenvalue weighted by Crippen LogP contribution is 2.43. The van der Waals surface area contributed by atoms with Crippen LogP contribution >= 0.6 is 7.82 Å². The molecule has 0 aliphatic heterocycles. The van der Waals surface area contributed by atoms with Gasteiger partial charge in [0.15, 0.2) is 6.10 Å². The van der Waals surface area contributed by atoms with Gasteiger partial charge >= 0.3 is 19.8 Å². The van der Waals surface area contributed by atoms with Crippen LogP contribution in [0.1, 0.15) is 194 Å². The van der Waals surface area contributed by atoms with Gasteiger partial charge in [-0.05, 0) is 64.2 Å². The smallest absolute Gasteiger partial charge is 0.462 e. The van der Waals surface area contributed by atoms with Gasteiger partial charge in [-0.25, -0.2) is 4.57 Å². The number of hydrogen-bond donors (Lipinski definition) is 1. The first-order chi connectivity index (χ1) is 30.0. The molecule has 0 fully saturated rings. The second kappa shape index (κ2) is 43.7. The number of quaternary nitrogens is 1. The summed E-state index contributed by atoms with van der Waals surface area (Å²) in [6.07, 6.45) is 55.4. The minimum atomic E-state index is -4.38. The van der Waals surface area contributed by atoms with Gasteiger partial charge in [0.1, 0.15) is 19.8 Å². The number of hydrogen-bond acceptors (Lipinski definition) is 7. The lowest BCUT2D eigenvalue weighted by Gasteiger charge is -2.24. The number of likely N-dealkylation sites (N-methyl/N-ethyl adjacent to an activating group) is 1. The highest BCUT2D eigenvalue weighted by atomic mass is 31.2. The molecule has 0 radical (unpaired) electrons. The lowest BCUT2D eigenvalue weighted by Crippen LogP contribution is -2.37. The first-order valence-corrected chi connectivity index (χ1v) is 26.2. The van der Waals surface area contributed by atoms with Gasteiger partial charge in [-0.15, -0.1) is 0 Å². The number of rotatable bonds is 44. The molecular formula is C52H93NO8P+. The Labute approximate surface area is 380 Å². The molecule has 10 heteroatoms. The summed E-state index contributed by atoms with van der Waals surface area (Å²) in [6, 6.07) is 0. The fourth-order valence-corrected chi connectivity index (χ4v) is 7.17. The minimum absolute atomic E-state index is 0.0290. The van der Waals surface area contributed by atoms with Crippen LogP contribution in [0.5, 0.6) is 0 Å². The third kappa shape index (κ3) is 46.9. The highest BCUT2D eigenvalue weighted by molar-refractivity contribution is 7.47. The number of phosphoric ester groups is 1. The summed E-state index contributed by atoms with van der Waals surface area (Å²) in [5.74, 6) is -0.808. The average Bonchev–Trinajstić information content (AvgIpc) is 3.23. The molecule has 0 aromatic heterocycles. The largest absolute Gasteiger partial charge is 0.472 e. The van der Waals surface area contributed by atoms with Crippen molar-refractivity contribution < 1.29 is 42.1 Å². The summed E-state index contributed by atoms with van der Waals surface area (Å²) >= 11 is 0. The molecule has 0 aliphatic rings. The predicted octanol–water partition coefficient (Wildman–Crippen LogP) is 14.6. The number of phosphoric acid groups is 1. The van der Waals surface area contributed by atoms with Crippen LogP contribution in [0.25, 0.3) is 0 Å². The van der Waals surface area contributed by atoms with Crippen molar-refractivity contribution in [2.24, 2.45) is 0 Å². The Morgan fingerprint density at radius 1 is 0.516 bits per heavy atom. The van der Waals surface area contributed by atoms with Gasteiger partial charge in [-0.2, -0.15) is 0 Å². The van der Waals surface area contributed by atoms with Crippen molar-refractivity contribution in [2.45, 2.75) is 200 Å². The normalized spacial score (nSPS) is 14.1. The molecule has 358 valence electrons. The highest BCUT2D eigenvalue weighted by Gasteiger charge is 2.27. The van der Waals surface area contributed by atoms with Gasteiger partial charge in [0, 0.05) is 12.8 Å². The number of allylic oxidation sites excluding steroid dienone is 12. The zero-order valence-electron chi connectivity index (χ0n) is 40.3. The molecular weight excluding hydrogens is 798 g/mol. The van der Waals surface area contributed by atoms with E-state index >= 15 is 0 Å². The van der Waals surface area contributed by atoms with Crippen LogP contribution in [0.3, 0.4) is 0 Å². The van der Waals surface area contributed by atoms with Crippen molar-refractivity contribution in [3.8, 4) is 0 Å². The minimum Gasteiger partial charge on any atom is -0.462 e. The van der Waals surface area contributed by atoms with Crippen LogP contribution in [-0.2, 0) is 32.7 Å². The summed E-state index contributed by atoms with van der Waals surface area (Å²) in [7, 11) is 1.47. The third-order valence-electron chi connectivity index (χ3n) is 10.3. The molecule has 9 nitrogen and oxygen atoms in total. The molecule has 2 atom stereocenters. The molecule has 1 N–H and O–H groups in total. The molecule has 0 rings (SSSR count). The van der Waals surface area contributed by atoms with Crippen LogP contribution < -0.4 is 0 Å². The topological polar surface area (TPSA) is 108 Å². The summed E-state index contributed by atoms with van der Waals surface area (Å²) in [5.41, 5.74) is 0. The fraction of sp³-hybridized carbons (Fsp3) is 0.731. The number of carbonyl (C=O) groups excluding carboxylic acids is 2. The van der Waals surface area contributed by atoms with Gasteiger partial charge in [-0.1, -0.05) is 189 Å². The van der Waals surface area contributed by atoms with Crippen molar-refractivity contribution in [3.63, 3.8) is 0 Å². The molecule has 0 amide bonds. The zero-order valence-corrected chi connectivity index (χ0v) is 41.2. The SMILES string of the molecule is CC/C=C\C/C=C\C/C=C\C/C=C\C/C=C\C/C=C\CCCCCCCCCCCCC(=O)OC(COC(=O)CCCCCCCCCCC)COP(=O)(O)OCC[N+](C)(C)C. The van der Waals surface area contributed by atoms with Crippen molar-refractivity contribution in [2.75, 3.05) is 47.5 Å². The number of esters is 2. The summed E-state index contributed by atoms with van der Waals surface area (Å²) in [6.45, 7) is 4.28. The maximum Gasteiger partial charge on any atom is 0.472 e. The number of carbonyl (C=O) groups is 2. The zero-order chi connectivity index (χ0) is 45.7. The molecule has 0 spiro atoms. The van der Waals surface area contributed by atoms with Crippen molar-refractivity contribution >= 4 is 19.8 Å². The Hall–Kier alpha value is -2.55. The van der Waals surface area contributed by atoms with Crippen LogP contribution in [0.2, 0.25) is 0 Å². The Morgan fingerprint density at radius 3 is 1.37 bits per heavy atom. The van der Waals surface area contributed by atoms with Crippen molar-refractivity contribution in [3.05, 3.63) is 72.9 Å². The lowest BCUT2D eigenvalue weighted by molar-refractivity contribution is -0.870. The molecule has 0 aromatic rings. The maximum absolute atomic E-state index is 12.7. The van der Waals surface area contributed by atoms with Gasteiger partial charge in [0.25, 0.3) is 0 Å². The van der Waals surface area contributed by atoms with Gasteiger partial charge < -0.3 is 18.9 Å². The Balaban J connectivity index is 4.14. The van der Waals surface area contributed by atoms with Crippen LogP contribution in [0.15, 0.2) is 72.9 Å². The van der Waals surface area contributed by atoms with Gasteiger partial charge in [0.2, 0.25) is 0 Å². The number of nitrogens with zero attached hydrogens (tertiary/aromatic N) is 1. The van der Waals surface area contributed by atoms with Crippen LogP contribution in [0, 0.1) is 0 Å². The molecule has 62 heavy (non-hydrogen) atoms. The monoisotopic (exact) mass is 891 g/mol.